The second-order valence-corrected chi connectivity index (χ2v) is 7.29. The molecule has 3 rings (SSSR count). The fraction of sp³-hybridized carbons (Fsp3) is 0.143. The molecule has 8 heteroatoms. The number of nitrogens with two attached hydrogens (primary N) is 1. The van der Waals surface area contributed by atoms with Crippen molar-refractivity contribution in [2.24, 2.45) is 5.73 Å². The first-order chi connectivity index (χ1) is 13.9. The lowest BCUT2D eigenvalue weighted by atomic mass is 10.1. The summed E-state index contributed by atoms with van der Waals surface area (Å²) in [4.78, 5) is 29.0. The minimum atomic E-state index is -0.705. The van der Waals surface area contributed by atoms with E-state index in [1.807, 2.05) is 35.7 Å². The van der Waals surface area contributed by atoms with Crippen molar-refractivity contribution >= 4 is 29.0 Å². The maximum atomic E-state index is 12.4. The standard InChI is InChI=1S/C21H21N5O2S/c1-13(19(27)24-11-14-7-9-16(10-8-14)18(22)23)25-20(28)21-26-17(12-29-21)15-5-3-2-4-6-15/h2-10,12-13H,11H2,1H3,(H3,22,23)(H,24,27)(H,25,28). The minimum absolute atomic E-state index is 0.00507. The molecule has 0 aliphatic rings. The van der Waals surface area contributed by atoms with E-state index >= 15 is 0 Å². The molecule has 3 aromatic rings. The van der Waals surface area contributed by atoms with Gasteiger partial charge in [-0.25, -0.2) is 4.98 Å². The number of hydrogen-bond acceptors (Lipinski definition) is 5. The highest BCUT2D eigenvalue weighted by Crippen LogP contribution is 2.21. The maximum Gasteiger partial charge on any atom is 0.280 e. The van der Waals surface area contributed by atoms with Crippen LogP contribution in [0.2, 0.25) is 0 Å². The Bertz CT molecular complexity index is 1020. The molecule has 0 saturated carbocycles. The lowest BCUT2D eigenvalue weighted by Gasteiger charge is -2.13. The van der Waals surface area contributed by atoms with Gasteiger partial charge in [0.2, 0.25) is 5.91 Å². The number of rotatable bonds is 7. The first kappa shape index (κ1) is 20.2. The first-order valence-electron chi connectivity index (χ1n) is 8.97. The summed E-state index contributed by atoms with van der Waals surface area (Å²) in [6.07, 6.45) is 0. The molecule has 5 N–H and O–H groups in total. The molecule has 0 bridgehead atoms. The zero-order valence-corrected chi connectivity index (χ0v) is 16.6. The summed E-state index contributed by atoms with van der Waals surface area (Å²) in [5.41, 5.74) is 8.58. The molecule has 0 aliphatic carbocycles. The van der Waals surface area contributed by atoms with Gasteiger partial charge >= 0.3 is 0 Å². The molecular formula is C21H21N5O2S. The molecule has 0 radical (unpaired) electrons. The smallest absolute Gasteiger partial charge is 0.280 e. The summed E-state index contributed by atoms with van der Waals surface area (Å²) in [7, 11) is 0. The molecule has 0 fully saturated rings. The number of thiazole rings is 1. The van der Waals surface area contributed by atoms with E-state index in [0.29, 0.717) is 17.1 Å². The second-order valence-electron chi connectivity index (χ2n) is 6.43. The van der Waals surface area contributed by atoms with Crippen molar-refractivity contribution in [3.8, 4) is 11.3 Å². The van der Waals surface area contributed by atoms with E-state index in [0.717, 1.165) is 16.8 Å². The summed E-state index contributed by atoms with van der Waals surface area (Å²) >= 11 is 1.24. The molecule has 1 aromatic heterocycles. The highest BCUT2D eigenvalue weighted by molar-refractivity contribution is 7.12. The van der Waals surface area contributed by atoms with Gasteiger partial charge in [-0.15, -0.1) is 11.3 Å². The molecule has 148 valence electrons. The molecule has 0 spiro atoms. The van der Waals surface area contributed by atoms with Gasteiger partial charge in [-0.1, -0.05) is 54.6 Å². The number of aromatic nitrogens is 1. The van der Waals surface area contributed by atoms with Crippen LogP contribution in [-0.2, 0) is 11.3 Å². The Morgan fingerprint density at radius 3 is 2.48 bits per heavy atom. The zero-order chi connectivity index (χ0) is 20.8. The number of amidine groups is 1. The highest BCUT2D eigenvalue weighted by atomic mass is 32.1. The third-order valence-electron chi connectivity index (χ3n) is 4.24. The summed E-state index contributed by atoms with van der Waals surface area (Å²) in [6, 6.07) is 15.9. The van der Waals surface area contributed by atoms with E-state index in [4.69, 9.17) is 11.1 Å². The third-order valence-corrected chi connectivity index (χ3v) is 5.08. The third kappa shape index (κ3) is 5.26. The van der Waals surface area contributed by atoms with Gasteiger partial charge in [-0.3, -0.25) is 15.0 Å². The lowest BCUT2D eigenvalue weighted by Crippen LogP contribution is -2.44. The van der Waals surface area contributed by atoms with Crippen molar-refractivity contribution in [2.45, 2.75) is 19.5 Å². The fourth-order valence-corrected chi connectivity index (χ4v) is 3.32. The monoisotopic (exact) mass is 407 g/mol. The van der Waals surface area contributed by atoms with Gasteiger partial charge in [0.15, 0.2) is 5.01 Å². The molecule has 29 heavy (non-hydrogen) atoms. The van der Waals surface area contributed by atoms with Gasteiger partial charge in [0.25, 0.3) is 5.91 Å². The van der Waals surface area contributed by atoms with Crippen molar-refractivity contribution in [2.75, 3.05) is 0 Å². The van der Waals surface area contributed by atoms with E-state index in [2.05, 4.69) is 15.6 Å². The van der Waals surface area contributed by atoms with Gasteiger partial charge in [-0.2, -0.15) is 0 Å². The van der Waals surface area contributed by atoms with Crippen molar-refractivity contribution in [1.29, 1.82) is 5.41 Å². The Morgan fingerprint density at radius 2 is 1.83 bits per heavy atom. The van der Waals surface area contributed by atoms with Gasteiger partial charge in [0.1, 0.15) is 11.9 Å². The summed E-state index contributed by atoms with van der Waals surface area (Å²) in [5.74, 6) is -0.686. The van der Waals surface area contributed by atoms with E-state index < -0.39 is 6.04 Å². The number of hydrogen-bond donors (Lipinski definition) is 4. The van der Waals surface area contributed by atoms with Crippen LogP contribution in [0.15, 0.2) is 60.0 Å². The number of benzene rings is 2. The molecule has 1 atom stereocenters. The van der Waals surface area contributed by atoms with Crippen LogP contribution in [0.25, 0.3) is 11.3 Å². The number of nitrogen functional groups attached to an aromatic ring is 1. The van der Waals surface area contributed by atoms with Gasteiger partial charge in [0.05, 0.1) is 5.69 Å². The van der Waals surface area contributed by atoms with Crippen molar-refractivity contribution < 1.29 is 9.59 Å². The fourth-order valence-electron chi connectivity index (χ4n) is 2.59. The molecular weight excluding hydrogens is 386 g/mol. The van der Waals surface area contributed by atoms with E-state index in [-0.39, 0.29) is 17.6 Å². The van der Waals surface area contributed by atoms with Crippen molar-refractivity contribution in [1.82, 2.24) is 15.6 Å². The van der Waals surface area contributed by atoms with Gasteiger partial charge in [-0.05, 0) is 12.5 Å². The molecule has 2 amide bonds. The largest absolute Gasteiger partial charge is 0.384 e. The zero-order valence-electron chi connectivity index (χ0n) is 15.8. The van der Waals surface area contributed by atoms with Crippen molar-refractivity contribution in [3.05, 3.63) is 76.1 Å². The van der Waals surface area contributed by atoms with Crippen LogP contribution in [0.4, 0.5) is 0 Å². The Labute approximate surface area is 172 Å². The molecule has 2 aromatic carbocycles. The van der Waals surface area contributed by atoms with Crippen molar-refractivity contribution in [3.63, 3.8) is 0 Å². The van der Waals surface area contributed by atoms with E-state index in [1.54, 1.807) is 31.2 Å². The molecule has 7 nitrogen and oxygen atoms in total. The summed E-state index contributed by atoms with van der Waals surface area (Å²) in [6.45, 7) is 1.93. The van der Waals surface area contributed by atoms with Crippen LogP contribution >= 0.6 is 11.3 Å². The van der Waals surface area contributed by atoms with E-state index in [9.17, 15) is 9.59 Å². The Kier molecular flexibility index (Phi) is 6.36. The quantitative estimate of drug-likeness (QED) is 0.355. The second kappa shape index (κ2) is 9.11. The topological polar surface area (TPSA) is 121 Å². The van der Waals surface area contributed by atoms with Crippen LogP contribution in [0.1, 0.15) is 27.9 Å². The lowest BCUT2D eigenvalue weighted by molar-refractivity contribution is -0.122. The highest BCUT2D eigenvalue weighted by Gasteiger charge is 2.19. The first-order valence-corrected chi connectivity index (χ1v) is 9.85. The van der Waals surface area contributed by atoms with Crippen LogP contribution < -0.4 is 16.4 Å². The van der Waals surface area contributed by atoms with Crippen LogP contribution in [-0.4, -0.2) is 28.7 Å². The normalized spacial score (nSPS) is 11.5. The number of amides is 2. The minimum Gasteiger partial charge on any atom is -0.384 e. The van der Waals surface area contributed by atoms with Gasteiger partial charge < -0.3 is 16.4 Å². The van der Waals surface area contributed by atoms with E-state index in [1.165, 1.54) is 11.3 Å². The summed E-state index contributed by atoms with van der Waals surface area (Å²) in [5, 5.41) is 15.0. The SMILES string of the molecule is CC(NC(=O)c1nc(-c2ccccc2)cs1)C(=O)NCc1ccc(C(=N)N)cc1. The Hall–Kier alpha value is -3.52. The predicted molar refractivity (Wildman–Crippen MR) is 114 cm³/mol. The predicted octanol–water partition coefficient (Wildman–Crippen LogP) is 2.53. The summed E-state index contributed by atoms with van der Waals surface area (Å²) < 4.78 is 0. The molecule has 1 unspecified atom stereocenters. The van der Waals surface area contributed by atoms with Gasteiger partial charge in [0, 0.05) is 23.1 Å². The maximum absolute atomic E-state index is 12.4. The molecule has 0 saturated heterocycles. The Morgan fingerprint density at radius 1 is 1.14 bits per heavy atom. The number of nitrogens with one attached hydrogen (secondary N) is 3. The van der Waals surface area contributed by atoms with Crippen LogP contribution in [0, 0.1) is 5.41 Å². The molecule has 1 heterocycles. The molecule has 0 aliphatic heterocycles. The average Bonchev–Trinajstić information content (AvgIpc) is 3.23. The number of carbonyl (C=O) groups excluding carboxylic acids is 2. The van der Waals surface area contributed by atoms with Crippen LogP contribution in [0.3, 0.4) is 0 Å². The van der Waals surface area contributed by atoms with Crippen LogP contribution in [0.5, 0.6) is 0 Å². The number of nitrogens with zero attached hydrogens (tertiary/aromatic N) is 1. The average molecular weight is 407 g/mol. The Balaban J connectivity index is 1.53. The number of carbonyl (C=O) groups is 2.